The van der Waals surface area contributed by atoms with Gasteiger partial charge in [-0.05, 0) is 50.5 Å². The smallest absolute Gasteiger partial charge is 0.227 e. The molecule has 2 atom stereocenters. The minimum atomic E-state index is -1.02. The molecule has 4 heterocycles. The fourth-order valence-corrected chi connectivity index (χ4v) is 6.36. The fraction of sp³-hybridized carbons (Fsp3) is 0.565. The number of nitrogens with zero attached hydrogens (tertiary/aromatic N) is 4. The van der Waals surface area contributed by atoms with Gasteiger partial charge in [0.15, 0.2) is 0 Å². The summed E-state index contributed by atoms with van der Waals surface area (Å²) >= 11 is 6.09. The van der Waals surface area contributed by atoms with Crippen molar-refractivity contribution in [1.29, 1.82) is 0 Å². The number of benzene rings is 1. The van der Waals surface area contributed by atoms with Crippen LogP contribution in [0.4, 0.5) is 17.5 Å². The number of anilines is 3. The first-order valence-corrected chi connectivity index (χ1v) is 13.2. The van der Waals surface area contributed by atoms with Crippen molar-refractivity contribution in [3.63, 3.8) is 0 Å². The summed E-state index contributed by atoms with van der Waals surface area (Å²) in [6.45, 7) is 6.41. The number of rotatable bonds is 6. The van der Waals surface area contributed by atoms with E-state index in [0.717, 1.165) is 85.9 Å². The number of hydrogen-bond acceptors (Lipinski definition) is 7. The van der Waals surface area contributed by atoms with Crippen molar-refractivity contribution in [2.75, 3.05) is 53.7 Å². The number of fused-ring (bicyclic) bond motifs is 1. The van der Waals surface area contributed by atoms with Crippen molar-refractivity contribution in [3.05, 3.63) is 35.0 Å². The molecule has 2 saturated heterocycles. The molecule has 172 valence electrons. The summed E-state index contributed by atoms with van der Waals surface area (Å²) < 4.78 is 18.1. The molecule has 7 nitrogen and oxygen atoms in total. The number of likely N-dealkylation sites (N-methyl/N-ethyl adjacent to an activating group) is 1. The molecule has 3 aliphatic rings. The van der Waals surface area contributed by atoms with Crippen molar-refractivity contribution in [2.24, 2.45) is 0 Å². The number of nitrogens with one attached hydrogen (secondary N) is 1. The molecule has 0 saturated carbocycles. The molecule has 0 spiro atoms. The molecule has 0 aliphatic carbocycles. The highest BCUT2D eigenvalue weighted by Crippen LogP contribution is 2.33. The summed E-state index contributed by atoms with van der Waals surface area (Å²) in [5.41, 5.74) is 2.13. The number of halogens is 1. The Morgan fingerprint density at radius 1 is 1.22 bits per heavy atom. The Morgan fingerprint density at radius 3 is 2.75 bits per heavy atom. The topological polar surface area (TPSA) is 70.6 Å². The number of hydrogen-bond donors (Lipinski definition) is 1. The minimum Gasteiger partial charge on any atom is -0.381 e. The second kappa shape index (κ2) is 9.53. The second-order valence-corrected chi connectivity index (χ2v) is 10.6. The van der Waals surface area contributed by atoms with E-state index < -0.39 is 10.8 Å². The van der Waals surface area contributed by atoms with E-state index in [2.05, 4.69) is 34.2 Å². The summed E-state index contributed by atoms with van der Waals surface area (Å²) in [6.07, 6.45) is 3.69. The quantitative estimate of drug-likeness (QED) is 0.685. The molecule has 0 radical (unpaired) electrons. The van der Waals surface area contributed by atoms with Gasteiger partial charge in [-0.2, -0.15) is 4.98 Å². The number of aromatic nitrogens is 2. The SMILES string of the molecule is CCN(c1ccc(Cl)cc1)C1CCN(c2nc3c(c(NC4CCOCC4)n2)S(=O)CC3)C1. The maximum atomic E-state index is 12.7. The van der Waals surface area contributed by atoms with Gasteiger partial charge in [-0.15, -0.1) is 0 Å². The number of aryl methyl sites for hydroxylation is 1. The number of ether oxygens (including phenoxy) is 1. The lowest BCUT2D eigenvalue weighted by molar-refractivity contribution is 0.0903. The summed E-state index contributed by atoms with van der Waals surface area (Å²) in [7, 11) is -1.02. The molecule has 1 N–H and O–H groups in total. The Morgan fingerprint density at radius 2 is 2.00 bits per heavy atom. The van der Waals surface area contributed by atoms with Crippen molar-refractivity contribution in [2.45, 2.75) is 49.6 Å². The van der Waals surface area contributed by atoms with Crippen LogP contribution in [-0.2, 0) is 22.0 Å². The molecule has 1 aromatic heterocycles. The average molecular weight is 476 g/mol. The molecule has 32 heavy (non-hydrogen) atoms. The predicted molar refractivity (Wildman–Crippen MR) is 130 cm³/mol. The van der Waals surface area contributed by atoms with E-state index in [9.17, 15) is 4.21 Å². The van der Waals surface area contributed by atoms with Gasteiger partial charge in [-0.1, -0.05) is 11.6 Å². The molecule has 9 heteroatoms. The van der Waals surface area contributed by atoms with E-state index in [1.165, 1.54) is 5.69 Å². The zero-order valence-electron chi connectivity index (χ0n) is 18.4. The maximum Gasteiger partial charge on any atom is 0.227 e. The molecule has 3 aliphatic heterocycles. The highest BCUT2D eigenvalue weighted by molar-refractivity contribution is 7.85. The Hall–Kier alpha value is -1.90. The van der Waals surface area contributed by atoms with Crippen molar-refractivity contribution >= 4 is 39.9 Å². The summed E-state index contributed by atoms with van der Waals surface area (Å²) in [5, 5.41) is 4.33. The van der Waals surface area contributed by atoms with Crippen LogP contribution in [0.3, 0.4) is 0 Å². The highest BCUT2D eigenvalue weighted by Gasteiger charge is 2.32. The molecule has 0 bridgehead atoms. The largest absolute Gasteiger partial charge is 0.381 e. The van der Waals surface area contributed by atoms with Crippen LogP contribution < -0.4 is 15.1 Å². The molecule has 5 rings (SSSR count). The molecule has 2 fully saturated rings. The van der Waals surface area contributed by atoms with Gasteiger partial charge in [0.2, 0.25) is 5.95 Å². The van der Waals surface area contributed by atoms with Crippen LogP contribution in [0, 0.1) is 0 Å². The Balaban J connectivity index is 1.37. The Bertz CT molecular complexity index is 983. The van der Waals surface area contributed by atoms with E-state index in [1.54, 1.807) is 0 Å². The molecule has 2 unspecified atom stereocenters. The standard InChI is InChI=1S/C23H30ClN5O2S/c1-2-29(18-5-3-16(24)4-6-18)19-7-11-28(15-19)23-26-20-10-14-32(30)21(20)22(27-23)25-17-8-12-31-13-9-17/h3-6,17,19H,2,7-15H2,1H3,(H,25,26,27). The lowest BCUT2D eigenvalue weighted by Gasteiger charge is -2.30. The van der Waals surface area contributed by atoms with Crippen LogP contribution >= 0.6 is 11.6 Å². The van der Waals surface area contributed by atoms with Crippen LogP contribution in [0.5, 0.6) is 0 Å². The molecular formula is C23H30ClN5O2S. The third-order valence-corrected chi connectivity index (χ3v) is 8.34. The lowest BCUT2D eigenvalue weighted by Crippen LogP contribution is -2.38. The van der Waals surface area contributed by atoms with E-state index >= 15 is 0 Å². The highest BCUT2D eigenvalue weighted by atomic mass is 35.5. The van der Waals surface area contributed by atoms with Gasteiger partial charge < -0.3 is 19.9 Å². The van der Waals surface area contributed by atoms with Crippen molar-refractivity contribution in [1.82, 2.24) is 9.97 Å². The van der Waals surface area contributed by atoms with Gasteiger partial charge in [-0.25, -0.2) is 4.98 Å². The minimum absolute atomic E-state index is 0.306. The molecule has 2 aromatic rings. The average Bonchev–Trinajstić information content (AvgIpc) is 3.44. The predicted octanol–water partition coefficient (Wildman–Crippen LogP) is 3.49. The van der Waals surface area contributed by atoms with Gasteiger partial charge in [-0.3, -0.25) is 4.21 Å². The van der Waals surface area contributed by atoms with E-state index in [1.807, 2.05) is 12.1 Å². The first-order valence-electron chi connectivity index (χ1n) is 11.5. The fourth-order valence-electron chi connectivity index (χ4n) is 4.92. The summed E-state index contributed by atoms with van der Waals surface area (Å²) in [6, 6.07) is 8.77. The lowest BCUT2D eigenvalue weighted by atomic mass is 10.1. The first kappa shape index (κ1) is 21.9. The Kier molecular flexibility index (Phi) is 6.53. The van der Waals surface area contributed by atoms with Gasteiger partial charge in [0, 0.05) is 67.8 Å². The molecular weight excluding hydrogens is 446 g/mol. The normalized spacial score (nSPS) is 23.4. The maximum absolute atomic E-state index is 12.7. The molecule has 1 aromatic carbocycles. The van der Waals surface area contributed by atoms with Gasteiger partial charge in [0.1, 0.15) is 10.7 Å². The molecule has 0 amide bonds. The summed E-state index contributed by atoms with van der Waals surface area (Å²) in [5.74, 6) is 2.16. The van der Waals surface area contributed by atoms with E-state index in [4.69, 9.17) is 26.3 Å². The second-order valence-electron chi connectivity index (χ2n) is 8.63. The van der Waals surface area contributed by atoms with Crippen LogP contribution in [0.2, 0.25) is 5.02 Å². The van der Waals surface area contributed by atoms with Crippen molar-refractivity contribution in [3.8, 4) is 0 Å². The third kappa shape index (κ3) is 4.45. The van der Waals surface area contributed by atoms with E-state index in [-0.39, 0.29) is 0 Å². The van der Waals surface area contributed by atoms with E-state index in [0.29, 0.717) is 17.8 Å². The summed E-state index contributed by atoms with van der Waals surface area (Å²) in [4.78, 5) is 15.3. The van der Waals surface area contributed by atoms with Crippen LogP contribution in [0.15, 0.2) is 29.2 Å². The first-order chi connectivity index (χ1) is 15.6. The zero-order valence-corrected chi connectivity index (χ0v) is 20.0. The van der Waals surface area contributed by atoms with Gasteiger partial charge >= 0.3 is 0 Å². The van der Waals surface area contributed by atoms with Crippen LogP contribution in [0.1, 0.15) is 31.9 Å². The zero-order chi connectivity index (χ0) is 22.1. The monoisotopic (exact) mass is 475 g/mol. The third-order valence-electron chi connectivity index (χ3n) is 6.62. The van der Waals surface area contributed by atoms with Gasteiger partial charge in [0.05, 0.1) is 16.5 Å². The van der Waals surface area contributed by atoms with Crippen LogP contribution in [0.25, 0.3) is 0 Å². The van der Waals surface area contributed by atoms with Gasteiger partial charge in [0.25, 0.3) is 0 Å². The van der Waals surface area contributed by atoms with Crippen LogP contribution in [-0.4, -0.2) is 64.9 Å². The Labute approximate surface area is 197 Å². The van der Waals surface area contributed by atoms with Crippen molar-refractivity contribution < 1.29 is 8.95 Å².